The number of allylic oxidation sites excluding steroid dienone is 4. The van der Waals surface area contributed by atoms with Gasteiger partial charge in [0.05, 0.1) is 0 Å². The van der Waals surface area contributed by atoms with Crippen molar-refractivity contribution in [1.29, 1.82) is 0 Å². The van der Waals surface area contributed by atoms with E-state index >= 15 is 0 Å². The molecule has 52 heavy (non-hydrogen) atoms. The monoisotopic (exact) mass is 733 g/mol. The second-order valence-electron chi connectivity index (χ2n) is 15.0. The summed E-state index contributed by atoms with van der Waals surface area (Å²) in [5.41, 5.74) is 0. The number of carbonyl (C=O) groups excluding carboxylic acids is 3. The van der Waals surface area contributed by atoms with Gasteiger partial charge < -0.3 is 14.2 Å². The molecule has 0 spiro atoms. The lowest BCUT2D eigenvalue weighted by Crippen LogP contribution is -2.30. The van der Waals surface area contributed by atoms with Crippen LogP contribution in [0.3, 0.4) is 0 Å². The number of esters is 3. The zero-order valence-corrected chi connectivity index (χ0v) is 34.6. The third-order valence-corrected chi connectivity index (χ3v) is 9.71. The van der Waals surface area contributed by atoms with Gasteiger partial charge >= 0.3 is 17.9 Å². The van der Waals surface area contributed by atoms with Gasteiger partial charge in [-0.2, -0.15) is 0 Å². The van der Waals surface area contributed by atoms with Crippen LogP contribution in [0.1, 0.15) is 233 Å². The van der Waals surface area contributed by atoms with Crippen LogP contribution >= 0.6 is 0 Å². The number of hydrogen-bond acceptors (Lipinski definition) is 6. The predicted octanol–water partition coefficient (Wildman–Crippen LogP) is 14.0. The molecule has 0 aliphatic rings. The third-order valence-electron chi connectivity index (χ3n) is 9.71. The molecule has 0 bridgehead atoms. The van der Waals surface area contributed by atoms with Crippen LogP contribution in [0.5, 0.6) is 0 Å². The van der Waals surface area contributed by atoms with E-state index < -0.39 is 6.10 Å². The van der Waals surface area contributed by atoms with Gasteiger partial charge in [-0.3, -0.25) is 14.4 Å². The maximum Gasteiger partial charge on any atom is 0.306 e. The van der Waals surface area contributed by atoms with Gasteiger partial charge in [0.25, 0.3) is 0 Å². The van der Waals surface area contributed by atoms with Crippen molar-refractivity contribution in [2.45, 2.75) is 239 Å². The molecule has 0 saturated heterocycles. The van der Waals surface area contributed by atoms with Gasteiger partial charge in [-0.1, -0.05) is 186 Å². The summed E-state index contributed by atoms with van der Waals surface area (Å²) in [6, 6.07) is 0. The van der Waals surface area contributed by atoms with Gasteiger partial charge in [-0.05, 0) is 51.4 Å². The fourth-order valence-electron chi connectivity index (χ4n) is 6.29. The summed E-state index contributed by atoms with van der Waals surface area (Å²) in [5, 5.41) is 0. The normalized spacial score (nSPS) is 12.1. The van der Waals surface area contributed by atoms with Gasteiger partial charge in [-0.15, -0.1) is 0 Å². The van der Waals surface area contributed by atoms with E-state index in [9.17, 15) is 14.4 Å². The van der Waals surface area contributed by atoms with Crippen LogP contribution in [0.2, 0.25) is 0 Å². The van der Waals surface area contributed by atoms with E-state index in [0.29, 0.717) is 19.3 Å². The first-order valence-corrected chi connectivity index (χ1v) is 22.3. The molecule has 0 rings (SSSR count). The zero-order chi connectivity index (χ0) is 38.0. The molecule has 0 radical (unpaired) electrons. The summed E-state index contributed by atoms with van der Waals surface area (Å²) in [5.74, 6) is -0.885. The largest absolute Gasteiger partial charge is 0.462 e. The molecule has 1 atom stereocenters. The van der Waals surface area contributed by atoms with Crippen molar-refractivity contribution >= 4 is 17.9 Å². The Hall–Kier alpha value is -2.11. The Morgan fingerprint density at radius 3 is 1.08 bits per heavy atom. The van der Waals surface area contributed by atoms with Crippen molar-refractivity contribution in [3.63, 3.8) is 0 Å². The van der Waals surface area contributed by atoms with Crippen LogP contribution in [-0.4, -0.2) is 37.2 Å². The van der Waals surface area contributed by atoms with Crippen molar-refractivity contribution < 1.29 is 28.6 Å². The van der Waals surface area contributed by atoms with E-state index in [1.807, 2.05) is 0 Å². The van der Waals surface area contributed by atoms with Gasteiger partial charge in [0.15, 0.2) is 6.10 Å². The molecule has 0 fully saturated rings. The molecule has 6 nitrogen and oxygen atoms in total. The maximum atomic E-state index is 12.6. The van der Waals surface area contributed by atoms with Crippen LogP contribution in [0.4, 0.5) is 0 Å². The number of ether oxygens (including phenoxy) is 3. The SMILES string of the molecule is CCCCCC/C=C\C/C=C\CCCCCCCCCC(=O)OCC(COC(=O)CCCCCCCCC)OC(=O)CCCCCCCCCCC. The topological polar surface area (TPSA) is 78.9 Å². The first-order chi connectivity index (χ1) is 25.5. The predicted molar refractivity (Wildman–Crippen MR) is 219 cm³/mol. The number of hydrogen-bond donors (Lipinski definition) is 0. The Morgan fingerprint density at radius 1 is 0.385 bits per heavy atom. The zero-order valence-electron chi connectivity index (χ0n) is 34.6. The summed E-state index contributed by atoms with van der Waals surface area (Å²) in [6.07, 6.45) is 44.6. The third kappa shape index (κ3) is 39.1. The Labute approximate surface area is 322 Å². The molecular weight excluding hydrogens is 648 g/mol. The molecule has 0 aliphatic heterocycles. The molecular formula is C46H84O6. The van der Waals surface area contributed by atoms with Gasteiger partial charge in [0.1, 0.15) is 13.2 Å². The molecule has 0 aromatic heterocycles. The van der Waals surface area contributed by atoms with Crippen molar-refractivity contribution in [3.8, 4) is 0 Å². The van der Waals surface area contributed by atoms with Gasteiger partial charge in [0, 0.05) is 19.3 Å². The second kappa shape index (κ2) is 41.6. The minimum atomic E-state index is -0.764. The molecule has 0 amide bonds. The minimum absolute atomic E-state index is 0.0713. The highest BCUT2D eigenvalue weighted by Gasteiger charge is 2.19. The highest BCUT2D eigenvalue weighted by molar-refractivity contribution is 5.71. The maximum absolute atomic E-state index is 12.6. The minimum Gasteiger partial charge on any atom is -0.462 e. The molecule has 0 N–H and O–H groups in total. The number of unbranched alkanes of at least 4 members (excludes halogenated alkanes) is 25. The first kappa shape index (κ1) is 49.9. The molecule has 0 aliphatic carbocycles. The average Bonchev–Trinajstić information content (AvgIpc) is 3.14. The summed E-state index contributed by atoms with van der Waals surface area (Å²) in [7, 11) is 0. The van der Waals surface area contributed by atoms with Crippen LogP contribution in [0.15, 0.2) is 24.3 Å². The number of carbonyl (C=O) groups is 3. The lowest BCUT2D eigenvalue weighted by molar-refractivity contribution is -0.167. The first-order valence-electron chi connectivity index (χ1n) is 22.3. The Morgan fingerprint density at radius 2 is 0.692 bits per heavy atom. The van der Waals surface area contributed by atoms with Crippen molar-refractivity contribution in [2.75, 3.05) is 13.2 Å². The van der Waals surface area contributed by atoms with Gasteiger partial charge in [0.2, 0.25) is 0 Å². The number of rotatable bonds is 40. The highest BCUT2D eigenvalue weighted by atomic mass is 16.6. The fourth-order valence-corrected chi connectivity index (χ4v) is 6.29. The fraction of sp³-hybridized carbons (Fsp3) is 0.848. The molecule has 304 valence electrons. The van der Waals surface area contributed by atoms with Crippen LogP contribution in [0, 0.1) is 0 Å². The summed E-state index contributed by atoms with van der Waals surface area (Å²) < 4.78 is 16.6. The molecule has 1 unspecified atom stereocenters. The molecule has 6 heteroatoms. The van der Waals surface area contributed by atoms with Gasteiger partial charge in [-0.25, -0.2) is 0 Å². The van der Waals surface area contributed by atoms with Crippen LogP contribution in [0.25, 0.3) is 0 Å². The van der Waals surface area contributed by atoms with E-state index in [1.165, 1.54) is 122 Å². The van der Waals surface area contributed by atoms with Crippen LogP contribution in [-0.2, 0) is 28.6 Å². The van der Waals surface area contributed by atoms with Crippen molar-refractivity contribution in [2.24, 2.45) is 0 Å². The Bertz CT molecular complexity index is 850. The standard InChI is InChI=1S/C46H84O6/c1-4-7-10-13-16-18-19-20-21-22-23-24-25-26-28-30-33-36-39-45(48)51-42-43(41-50-44(47)38-35-32-29-15-12-9-6-3)52-46(49)40-37-34-31-27-17-14-11-8-5-2/h18-19,21-22,43H,4-17,20,23-42H2,1-3H3/b19-18-,22-21-. The Balaban J connectivity index is 4.23. The lowest BCUT2D eigenvalue weighted by atomic mass is 10.1. The highest BCUT2D eigenvalue weighted by Crippen LogP contribution is 2.14. The van der Waals surface area contributed by atoms with Crippen molar-refractivity contribution in [1.82, 2.24) is 0 Å². The molecule has 0 saturated carbocycles. The Kier molecular flexibility index (Phi) is 40.0. The van der Waals surface area contributed by atoms with Crippen LogP contribution < -0.4 is 0 Å². The molecule has 0 aromatic carbocycles. The molecule has 0 aromatic rings. The second-order valence-corrected chi connectivity index (χ2v) is 15.0. The van der Waals surface area contributed by atoms with E-state index in [-0.39, 0.29) is 31.1 Å². The van der Waals surface area contributed by atoms with E-state index in [0.717, 1.165) is 70.6 Å². The van der Waals surface area contributed by atoms with E-state index in [1.54, 1.807) is 0 Å². The summed E-state index contributed by atoms with van der Waals surface area (Å²) >= 11 is 0. The smallest absolute Gasteiger partial charge is 0.306 e. The molecule has 0 heterocycles. The lowest BCUT2D eigenvalue weighted by Gasteiger charge is -2.18. The average molecular weight is 733 g/mol. The van der Waals surface area contributed by atoms with E-state index in [4.69, 9.17) is 14.2 Å². The summed E-state index contributed by atoms with van der Waals surface area (Å²) in [6.45, 7) is 6.55. The quantitative estimate of drug-likeness (QED) is 0.0270. The van der Waals surface area contributed by atoms with E-state index in [2.05, 4.69) is 45.1 Å². The summed E-state index contributed by atoms with van der Waals surface area (Å²) in [4.78, 5) is 37.5. The van der Waals surface area contributed by atoms with Crippen molar-refractivity contribution in [3.05, 3.63) is 24.3 Å².